The topological polar surface area (TPSA) is 83.5 Å². The van der Waals surface area contributed by atoms with Gasteiger partial charge in [-0.2, -0.15) is 0 Å². The summed E-state index contributed by atoms with van der Waals surface area (Å²) < 4.78 is 22.5. The van der Waals surface area contributed by atoms with E-state index in [2.05, 4.69) is 5.32 Å². The summed E-state index contributed by atoms with van der Waals surface area (Å²) in [5.74, 6) is -0.571. The van der Waals surface area contributed by atoms with Gasteiger partial charge in [0.15, 0.2) is 15.6 Å². The standard InChI is InChI=1S/C10H13NO4S/c1-11-6-10(13)8-5-7(16(2,14)15)3-4-9(8)12/h3-5,11-12H,6H2,1-2H3. The van der Waals surface area contributed by atoms with E-state index < -0.39 is 9.84 Å². The van der Waals surface area contributed by atoms with Crippen molar-refractivity contribution in [1.29, 1.82) is 0 Å². The number of phenols is 1. The van der Waals surface area contributed by atoms with Crippen molar-refractivity contribution in [3.8, 4) is 5.75 Å². The molecule has 5 nitrogen and oxygen atoms in total. The van der Waals surface area contributed by atoms with Crippen LogP contribution >= 0.6 is 0 Å². The number of rotatable bonds is 4. The van der Waals surface area contributed by atoms with Gasteiger partial charge in [-0.3, -0.25) is 4.79 Å². The molecule has 0 aliphatic rings. The first-order chi connectivity index (χ1) is 7.36. The van der Waals surface area contributed by atoms with E-state index in [9.17, 15) is 18.3 Å². The lowest BCUT2D eigenvalue weighted by Crippen LogP contribution is -2.19. The van der Waals surface area contributed by atoms with E-state index >= 15 is 0 Å². The average molecular weight is 243 g/mol. The van der Waals surface area contributed by atoms with Gasteiger partial charge >= 0.3 is 0 Å². The Morgan fingerprint density at radius 3 is 2.56 bits per heavy atom. The van der Waals surface area contributed by atoms with Crippen LogP contribution in [-0.4, -0.2) is 39.2 Å². The van der Waals surface area contributed by atoms with E-state index in [4.69, 9.17) is 0 Å². The van der Waals surface area contributed by atoms with Gasteiger partial charge in [-0.15, -0.1) is 0 Å². The Morgan fingerprint density at radius 2 is 2.06 bits per heavy atom. The Hall–Kier alpha value is -1.40. The molecule has 0 aliphatic heterocycles. The van der Waals surface area contributed by atoms with Gasteiger partial charge < -0.3 is 10.4 Å². The van der Waals surface area contributed by atoms with Crippen LogP contribution in [0.4, 0.5) is 0 Å². The fraction of sp³-hybridized carbons (Fsp3) is 0.300. The molecule has 1 aromatic carbocycles. The summed E-state index contributed by atoms with van der Waals surface area (Å²) in [6.07, 6.45) is 1.05. The minimum Gasteiger partial charge on any atom is -0.507 e. The first-order valence-corrected chi connectivity index (χ1v) is 6.46. The van der Waals surface area contributed by atoms with Gasteiger partial charge in [0.25, 0.3) is 0 Å². The fourth-order valence-electron chi connectivity index (χ4n) is 1.22. The molecule has 6 heteroatoms. The molecule has 88 valence electrons. The number of ketones is 1. The van der Waals surface area contributed by atoms with Crippen LogP contribution < -0.4 is 5.32 Å². The quantitative estimate of drug-likeness (QED) is 0.738. The highest BCUT2D eigenvalue weighted by atomic mass is 32.2. The zero-order chi connectivity index (χ0) is 12.3. The van der Waals surface area contributed by atoms with Crippen molar-refractivity contribution < 1.29 is 18.3 Å². The second kappa shape index (κ2) is 4.63. The van der Waals surface area contributed by atoms with E-state index in [1.54, 1.807) is 7.05 Å². The van der Waals surface area contributed by atoms with Crippen LogP contribution in [0.1, 0.15) is 10.4 Å². The molecular weight excluding hydrogens is 230 g/mol. The lowest BCUT2D eigenvalue weighted by molar-refractivity contribution is 0.0991. The molecule has 0 fully saturated rings. The molecule has 16 heavy (non-hydrogen) atoms. The molecule has 0 heterocycles. The second-order valence-electron chi connectivity index (χ2n) is 3.40. The SMILES string of the molecule is CNCC(=O)c1cc(S(C)(=O)=O)ccc1O. The van der Waals surface area contributed by atoms with Gasteiger partial charge in [0.2, 0.25) is 0 Å². The van der Waals surface area contributed by atoms with Gasteiger partial charge in [0.1, 0.15) is 5.75 Å². The number of nitrogens with one attached hydrogen (secondary N) is 1. The van der Waals surface area contributed by atoms with E-state index in [1.807, 2.05) is 0 Å². The summed E-state index contributed by atoms with van der Waals surface area (Å²) in [5.41, 5.74) is 0.0114. The summed E-state index contributed by atoms with van der Waals surface area (Å²) in [6.45, 7) is 0.0424. The second-order valence-corrected chi connectivity index (χ2v) is 5.42. The van der Waals surface area contributed by atoms with Crippen molar-refractivity contribution in [2.45, 2.75) is 4.90 Å². The van der Waals surface area contributed by atoms with E-state index in [-0.39, 0.29) is 28.5 Å². The number of Topliss-reactive ketones (excluding diaryl/α,β-unsaturated/α-hetero) is 1. The van der Waals surface area contributed by atoms with Gasteiger partial charge in [-0.1, -0.05) is 0 Å². The molecule has 0 spiro atoms. The molecule has 0 aliphatic carbocycles. The van der Waals surface area contributed by atoms with Crippen LogP contribution in [0.25, 0.3) is 0 Å². The molecule has 0 saturated carbocycles. The smallest absolute Gasteiger partial charge is 0.180 e. The normalized spacial score (nSPS) is 11.4. The number of likely N-dealkylation sites (N-methyl/N-ethyl adjacent to an activating group) is 1. The number of aromatic hydroxyl groups is 1. The minimum absolute atomic E-state index is 0.0114. The number of phenolic OH excluding ortho intramolecular Hbond substituents is 1. The lowest BCUT2D eigenvalue weighted by Gasteiger charge is -2.05. The summed E-state index contributed by atoms with van der Waals surface area (Å²) in [5, 5.41) is 12.1. The third kappa shape index (κ3) is 2.80. The van der Waals surface area contributed by atoms with E-state index in [1.165, 1.54) is 18.2 Å². The highest BCUT2D eigenvalue weighted by Gasteiger charge is 2.15. The molecule has 2 N–H and O–H groups in total. The van der Waals surface area contributed by atoms with Gasteiger partial charge in [-0.05, 0) is 25.2 Å². The summed E-state index contributed by atoms with van der Waals surface area (Å²) in [6, 6.07) is 3.66. The molecule has 0 atom stereocenters. The van der Waals surface area contributed by atoms with Crippen LogP contribution in [0.2, 0.25) is 0 Å². The number of hydrogen-bond acceptors (Lipinski definition) is 5. The number of hydrogen-bond donors (Lipinski definition) is 2. The summed E-state index contributed by atoms with van der Waals surface area (Å²) in [7, 11) is -1.78. The predicted molar refractivity (Wildman–Crippen MR) is 59.5 cm³/mol. The van der Waals surface area contributed by atoms with E-state index in [0.29, 0.717) is 0 Å². The highest BCUT2D eigenvalue weighted by Crippen LogP contribution is 2.21. The van der Waals surface area contributed by atoms with Crippen LogP contribution in [0.5, 0.6) is 5.75 Å². The van der Waals surface area contributed by atoms with Crippen molar-refractivity contribution in [2.24, 2.45) is 0 Å². The van der Waals surface area contributed by atoms with Crippen LogP contribution in [-0.2, 0) is 9.84 Å². The number of carbonyl (C=O) groups is 1. The highest BCUT2D eigenvalue weighted by molar-refractivity contribution is 7.90. The zero-order valence-electron chi connectivity index (χ0n) is 9.02. The molecule has 0 bridgehead atoms. The molecule has 0 saturated heterocycles. The summed E-state index contributed by atoms with van der Waals surface area (Å²) >= 11 is 0. The lowest BCUT2D eigenvalue weighted by atomic mass is 10.1. The maximum Gasteiger partial charge on any atom is 0.180 e. The van der Waals surface area contributed by atoms with E-state index in [0.717, 1.165) is 6.26 Å². The summed E-state index contributed by atoms with van der Waals surface area (Å²) in [4.78, 5) is 11.5. The fourth-order valence-corrected chi connectivity index (χ4v) is 1.87. The minimum atomic E-state index is -3.37. The average Bonchev–Trinajstić information content (AvgIpc) is 2.16. The molecule has 0 amide bonds. The zero-order valence-corrected chi connectivity index (χ0v) is 9.84. The maximum absolute atomic E-state index is 11.5. The molecule has 0 radical (unpaired) electrons. The largest absolute Gasteiger partial charge is 0.507 e. The Kier molecular flexibility index (Phi) is 3.66. The number of sulfone groups is 1. The third-order valence-electron chi connectivity index (χ3n) is 2.03. The Bertz CT molecular complexity index is 508. The molecule has 0 unspecified atom stereocenters. The first kappa shape index (κ1) is 12.7. The predicted octanol–water partition coefficient (Wildman–Crippen LogP) is 0.198. The maximum atomic E-state index is 11.5. The Morgan fingerprint density at radius 1 is 1.44 bits per heavy atom. The molecule has 0 aromatic heterocycles. The van der Waals surface area contributed by atoms with Crippen molar-refractivity contribution in [2.75, 3.05) is 19.8 Å². The van der Waals surface area contributed by atoms with Gasteiger partial charge in [-0.25, -0.2) is 8.42 Å². The van der Waals surface area contributed by atoms with Crippen LogP contribution in [0.3, 0.4) is 0 Å². The van der Waals surface area contributed by atoms with Gasteiger partial charge in [0.05, 0.1) is 17.0 Å². The number of carbonyl (C=O) groups excluding carboxylic acids is 1. The molecular formula is C10H13NO4S. The number of benzene rings is 1. The van der Waals surface area contributed by atoms with Crippen LogP contribution in [0, 0.1) is 0 Å². The molecule has 1 rings (SSSR count). The Labute approximate surface area is 94.0 Å². The van der Waals surface area contributed by atoms with Crippen LogP contribution in [0.15, 0.2) is 23.1 Å². The first-order valence-electron chi connectivity index (χ1n) is 4.57. The van der Waals surface area contributed by atoms with Crippen molar-refractivity contribution in [1.82, 2.24) is 5.32 Å². The third-order valence-corrected chi connectivity index (χ3v) is 3.14. The monoisotopic (exact) mass is 243 g/mol. The van der Waals surface area contributed by atoms with Gasteiger partial charge in [0, 0.05) is 6.26 Å². The Balaban J connectivity index is 3.24. The van der Waals surface area contributed by atoms with Crippen molar-refractivity contribution >= 4 is 15.6 Å². The molecule has 1 aromatic rings. The van der Waals surface area contributed by atoms with Crippen molar-refractivity contribution in [3.05, 3.63) is 23.8 Å². The van der Waals surface area contributed by atoms with Crippen molar-refractivity contribution in [3.63, 3.8) is 0 Å².